The first-order valence-corrected chi connectivity index (χ1v) is 8.67. The van der Waals surface area contributed by atoms with Crippen molar-refractivity contribution in [1.82, 2.24) is 15.2 Å². The zero-order valence-corrected chi connectivity index (χ0v) is 14.4. The fraction of sp³-hybridized carbons (Fsp3) is 0.474. The number of nitrogens with zero attached hydrogens (tertiary/aromatic N) is 2. The lowest BCUT2D eigenvalue weighted by Gasteiger charge is -2.52. The highest BCUT2D eigenvalue weighted by Gasteiger charge is 2.60. The second-order valence-corrected chi connectivity index (χ2v) is 7.29. The van der Waals surface area contributed by atoms with Crippen molar-refractivity contribution in [2.24, 2.45) is 5.92 Å². The Bertz CT molecular complexity index is 781. The number of halogens is 1. The fourth-order valence-electron chi connectivity index (χ4n) is 4.76. The first kappa shape index (κ1) is 15.9. The number of hydrogen-bond donors (Lipinski definition) is 1. The van der Waals surface area contributed by atoms with Crippen LogP contribution in [0.25, 0.3) is 10.9 Å². The summed E-state index contributed by atoms with van der Waals surface area (Å²) in [7, 11) is 0. The van der Waals surface area contributed by atoms with Crippen LogP contribution in [0.4, 0.5) is 0 Å². The third-order valence-electron chi connectivity index (χ3n) is 6.13. The van der Waals surface area contributed by atoms with E-state index >= 15 is 0 Å². The van der Waals surface area contributed by atoms with E-state index in [1.807, 2.05) is 30.3 Å². The first-order valence-electron chi connectivity index (χ1n) is 8.67. The Morgan fingerprint density at radius 2 is 2.00 bits per heavy atom. The highest BCUT2D eigenvalue weighted by atomic mass is 35.5. The minimum atomic E-state index is 0. The van der Waals surface area contributed by atoms with Crippen LogP contribution in [0.15, 0.2) is 36.5 Å². The van der Waals surface area contributed by atoms with Gasteiger partial charge in [0.2, 0.25) is 0 Å². The van der Waals surface area contributed by atoms with Gasteiger partial charge in [0.1, 0.15) is 0 Å². The molecule has 0 unspecified atom stereocenters. The summed E-state index contributed by atoms with van der Waals surface area (Å²) < 4.78 is 0. The first-order chi connectivity index (χ1) is 11.3. The minimum absolute atomic E-state index is 0. The van der Waals surface area contributed by atoms with E-state index in [1.54, 1.807) is 6.20 Å². The molecule has 3 saturated heterocycles. The number of pyridine rings is 1. The van der Waals surface area contributed by atoms with Crippen molar-refractivity contribution in [1.29, 1.82) is 0 Å². The molecule has 6 rings (SSSR count). The molecule has 1 aromatic heterocycles. The molecule has 126 valence electrons. The molecule has 1 amide bonds. The summed E-state index contributed by atoms with van der Waals surface area (Å²) in [5, 5.41) is 4.41. The van der Waals surface area contributed by atoms with Crippen molar-refractivity contribution < 1.29 is 4.79 Å². The maximum Gasteiger partial charge on any atom is 0.251 e. The van der Waals surface area contributed by atoms with Crippen molar-refractivity contribution in [2.75, 3.05) is 13.1 Å². The fourth-order valence-corrected chi connectivity index (χ4v) is 4.76. The van der Waals surface area contributed by atoms with Gasteiger partial charge in [-0.2, -0.15) is 0 Å². The predicted molar refractivity (Wildman–Crippen MR) is 96.5 cm³/mol. The Hall–Kier alpha value is -1.65. The summed E-state index contributed by atoms with van der Waals surface area (Å²) in [6, 6.07) is 10.0. The highest BCUT2D eigenvalue weighted by molar-refractivity contribution is 5.98. The number of nitrogens with one attached hydrogen (secondary N) is 1. The summed E-state index contributed by atoms with van der Waals surface area (Å²) in [6.07, 6.45) is 6.74. The van der Waals surface area contributed by atoms with Crippen LogP contribution in [0, 0.1) is 5.92 Å². The smallest absolute Gasteiger partial charge is 0.251 e. The number of rotatable bonds is 2. The second-order valence-electron chi connectivity index (χ2n) is 7.29. The number of carbonyl (C=O) groups is 1. The van der Waals surface area contributed by atoms with E-state index in [1.165, 1.54) is 38.8 Å². The average molecular weight is 344 g/mol. The highest BCUT2D eigenvalue weighted by Crippen LogP contribution is 2.53. The van der Waals surface area contributed by atoms with Crippen LogP contribution in [0.2, 0.25) is 0 Å². The Balaban J connectivity index is 0.00000146. The standard InChI is InChI=1S/C19H21N3O.ClH/c23-18(15-3-4-16-14(12-15)2-1-9-20-16)21-17-13-5-10-22(11-6-13)19(17)7-8-19;/h1-4,9,12-13,17H,5-8,10-11H2,(H,21,23);1H/t17-;/m1./s1. The van der Waals surface area contributed by atoms with Crippen molar-refractivity contribution >= 4 is 29.2 Å². The molecule has 1 aliphatic carbocycles. The summed E-state index contributed by atoms with van der Waals surface area (Å²) in [4.78, 5) is 19.7. The van der Waals surface area contributed by atoms with Gasteiger partial charge < -0.3 is 5.32 Å². The van der Waals surface area contributed by atoms with E-state index in [4.69, 9.17) is 0 Å². The van der Waals surface area contributed by atoms with Crippen molar-refractivity contribution in [3.8, 4) is 0 Å². The van der Waals surface area contributed by atoms with Gasteiger partial charge in [-0.15, -0.1) is 12.4 Å². The van der Waals surface area contributed by atoms with Gasteiger partial charge in [0.25, 0.3) is 5.91 Å². The quantitative estimate of drug-likeness (QED) is 0.911. The van der Waals surface area contributed by atoms with Gasteiger partial charge >= 0.3 is 0 Å². The van der Waals surface area contributed by atoms with Crippen LogP contribution in [0.3, 0.4) is 0 Å². The predicted octanol–water partition coefficient (Wildman–Crippen LogP) is 3.01. The third-order valence-corrected chi connectivity index (χ3v) is 6.13. The molecule has 24 heavy (non-hydrogen) atoms. The molecule has 4 aliphatic rings. The molecule has 1 N–H and O–H groups in total. The molecule has 2 bridgehead atoms. The minimum Gasteiger partial charge on any atom is -0.347 e. The summed E-state index contributed by atoms with van der Waals surface area (Å²) >= 11 is 0. The third kappa shape index (κ3) is 2.32. The van der Waals surface area contributed by atoms with Crippen LogP contribution in [0.1, 0.15) is 36.0 Å². The SMILES string of the molecule is Cl.O=C(N[C@@H]1C2CCN(CC2)C12CC2)c1ccc2ncccc2c1. The molecular weight excluding hydrogens is 322 g/mol. The number of fused-ring (bicyclic) bond motifs is 3. The number of piperidine rings is 3. The maximum absolute atomic E-state index is 12.8. The van der Waals surface area contributed by atoms with Gasteiger partial charge in [0.15, 0.2) is 0 Å². The number of hydrogen-bond acceptors (Lipinski definition) is 3. The van der Waals surface area contributed by atoms with Gasteiger partial charge in [-0.25, -0.2) is 0 Å². The van der Waals surface area contributed by atoms with Crippen LogP contribution in [0.5, 0.6) is 0 Å². The van der Waals surface area contributed by atoms with Crippen molar-refractivity contribution in [2.45, 2.75) is 37.3 Å². The van der Waals surface area contributed by atoms with Gasteiger partial charge in [-0.3, -0.25) is 14.7 Å². The van der Waals surface area contributed by atoms with Gasteiger partial charge in [0, 0.05) is 22.7 Å². The Morgan fingerprint density at radius 1 is 1.21 bits per heavy atom. The van der Waals surface area contributed by atoms with E-state index in [0.29, 0.717) is 12.0 Å². The number of aromatic nitrogens is 1. The number of benzene rings is 1. The zero-order chi connectivity index (χ0) is 15.4. The van der Waals surface area contributed by atoms with Gasteiger partial charge in [0.05, 0.1) is 11.6 Å². The number of amides is 1. The molecule has 4 heterocycles. The van der Waals surface area contributed by atoms with Gasteiger partial charge in [-0.05, 0) is 69.0 Å². The molecule has 1 saturated carbocycles. The summed E-state index contributed by atoms with van der Waals surface area (Å²) in [6.45, 7) is 2.44. The van der Waals surface area contributed by atoms with E-state index < -0.39 is 0 Å². The maximum atomic E-state index is 12.8. The van der Waals surface area contributed by atoms with Crippen LogP contribution in [-0.2, 0) is 0 Å². The molecule has 4 fully saturated rings. The largest absolute Gasteiger partial charge is 0.347 e. The lowest BCUT2D eigenvalue weighted by Crippen LogP contribution is -2.65. The molecule has 5 heteroatoms. The Kier molecular flexibility index (Phi) is 3.77. The number of carbonyl (C=O) groups excluding carboxylic acids is 1. The lowest BCUT2D eigenvalue weighted by atomic mass is 9.77. The van der Waals surface area contributed by atoms with E-state index in [9.17, 15) is 4.79 Å². The van der Waals surface area contributed by atoms with Crippen LogP contribution >= 0.6 is 12.4 Å². The summed E-state index contributed by atoms with van der Waals surface area (Å²) in [5.74, 6) is 0.731. The normalized spacial score (nSPS) is 29.2. The lowest BCUT2D eigenvalue weighted by molar-refractivity contribution is -0.00144. The zero-order valence-electron chi connectivity index (χ0n) is 13.6. The van der Waals surface area contributed by atoms with Crippen molar-refractivity contribution in [3.63, 3.8) is 0 Å². The molecule has 4 nitrogen and oxygen atoms in total. The molecular formula is C19H22ClN3O. The molecule has 2 aromatic rings. The van der Waals surface area contributed by atoms with E-state index in [0.717, 1.165) is 16.5 Å². The van der Waals surface area contributed by atoms with Crippen molar-refractivity contribution in [3.05, 3.63) is 42.1 Å². The Labute approximate surface area is 148 Å². The molecule has 1 spiro atoms. The topological polar surface area (TPSA) is 45.2 Å². The average Bonchev–Trinajstić information content (AvgIpc) is 3.39. The molecule has 1 atom stereocenters. The van der Waals surface area contributed by atoms with E-state index in [-0.39, 0.29) is 23.9 Å². The monoisotopic (exact) mass is 343 g/mol. The molecule has 3 aliphatic heterocycles. The summed E-state index contributed by atoms with van der Waals surface area (Å²) in [5.41, 5.74) is 1.97. The molecule has 1 aromatic carbocycles. The van der Waals surface area contributed by atoms with Crippen LogP contribution in [-0.4, -0.2) is 40.5 Å². The van der Waals surface area contributed by atoms with E-state index in [2.05, 4.69) is 15.2 Å². The van der Waals surface area contributed by atoms with Crippen LogP contribution < -0.4 is 5.32 Å². The molecule has 0 radical (unpaired) electrons. The van der Waals surface area contributed by atoms with Gasteiger partial charge in [-0.1, -0.05) is 6.07 Å². The second kappa shape index (κ2) is 5.71. The Morgan fingerprint density at radius 3 is 2.75 bits per heavy atom.